The topological polar surface area (TPSA) is 84.9 Å². The Kier molecular flexibility index (Phi) is 5.71. The quantitative estimate of drug-likeness (QED) is 0.661. The van der Waals surface area contributed by atoms with Gasteiger partial charge < -0.3 is 14.8 Å². The molecular weight excluding hydrogens is 404 g/mol. The van der Waals surface area contributed by atoms with Gasteiger partial charge in [0.05, 0.1) is 19.1 Å². The summed E-state index contributed by atoms with van der Waals surface area (Å²) in [7, 11) is -0.718. The molecule has 2 aromatic rings. The van der Waals surface area contributed by atoms with Crippen molar-refractivity contribution in [2.75, 3.05) is 14.2 Å². The number of hydrogen-bond acceptors (Lipinski definition) is 5. The van der Waals surface area contributed by atoms with E-state index in [1.54, 1.807) is 18.2 Å². The third kappa shape index (κ3) is 4.44. The Bertz CT molecular complexity index is 1030. The fraction of sp³-hybridized carbons (Fsp3) is 0.409. The average molecular weight is 431 g/mol. The monoisotopic (exact) mass is 430 g/mol. The zero-order valence-electron chi connectivity index (χ0n) is 17.1. The van der Waals surface area contributed by atoms with Crippen molar-refractivity contribution in [3.63, 3.8) is 0 Å². The summed E-state index contributed by atoms with van der Waals surface area (Å²) < 4.78 is 38.7. The minimum atomic E-state index is -3.71. The van der Waals surface area contributed by atoms with E-state index >= 15 is 0 Å². The summed E-state index contributed by atoms with van der Waals surface area (Å²) in [5.74, 6) is 0.774. The summed E-state index contributed by atoms with van der Waals surface area (Å²) in [5.41, 5.74) is 1.43. The maximum absolute atomic E-state index is 13.4. The van der Waals surface area contributed by atoms with Crippen molar-refractivity contribution in [2.24, 2.45) is 0 Å². The SMILES string of the molecule is COc1ccc(S(=O)(=O)N(Cc2ccc(C(=O)NC3CC3)cc2)C2CC2)cc1OC. The molecule has 1 N–H and O–H groups in total. The van der Waals surface area contributed by atoms with Crippen LogP contribution in [0.15, 0.2) is 47.4 Å². The number of sulfonamides is 1. The molecule has 0 aliphatic heterocycles. The zero-order valence-corrected chi connectivity index (χ0v) is 17.9. The zero-order chi connectivity index (χ0) is 21.3. The molecule has 2 fully saturated rings. The first-order valence-corrected chi connectivity index (χ1v) is 11.5. The van der Waals surface area contributed by atoms with Gasteiger partial charge in [0.25, 0.3) is 5.91 Å². The van der Waals surface area contributed by atoms with E-state index in [-0.39, 0.29) is 23.4 Å². The van der Waals surface area contributed by atoms with Gasteiger partial charge >= 0.3 is 0 Å². The van der Waals surface area contributed by atoms with E-state index in [0.717, 1.165) is 31.2 Å². The van der Waals surface area contributed by atoms with Crippen molar-refractivity contribution in [3.05, 3.63) is 53.6 Å². The third-order valence-electron chi connectivity index (χ3n) is 5.38. The molecule has 0 unspecified atom stereocenters. The van der Waals surface area contributed by atoms with Crippen LogP contribution in [0.1, 0.15) is 41.6 Å². The molecular formula is C22H26N2O5S. The van der Waals surface area contributed by atoms with Crippen molar-refractivity contribution < 1.29 is 22.7 Å². The van der Waals surface area contributed by atoms with E-state index in [2.05, 4.69) is 5.32 Å². The molecule has 0 bridgehead atoms. The highest BCUT2D eigenvalue weighted by molar-refractivity contribution is 7.89. The van der Waals surface area contributed by atoms with Crippen LogP contribution < -0.4 is 14.8 Å². The van der Waals surface area contributed by atoms with Gasteiger partial charge in [-0.3, -0.25) is 4.79 Å². The Morgan fingerprint density at radius 2 is 1.67 bits per heavy atom. The van der Waals surface area contributed by atoms with Gasteiger partial charge in [0.15, 0.2) is 11.5 Å². The summed E-state index contributed by atoms with van der Waals surface area (Å²) in [6, 6.07) is 12.1. The minimum absolute atomic E-state index is 0.0130. The fourth-order valence-electron chi connectivity index (χ4n) is 3.32. The normalized spacial score (nSPS) is 16.4. The smallest absolute Gasteiger partial charge is 0.251 e. The van der Waals surface area contributed by atoms with Crippen molar-refractivity contribution in [2.45, 2.75) is 49.2 Å². The number of rotatable bonds is 9. The van der Waals surface area contributed by atoms with E-state index in [9.17, 15) is 13.2 Å². The van der Waals surface area contributed by atoms with Crippen molar-refractivity contribution in [1.29, 1.82) is 0 Å². The fourth-order valence-corrected chi connectivity index (χ4v) is 5.01. The number of amides is 1. The first-order chi connectivity index (χ1) is 14.4. The van der Waals surface area contributed by atoms with Gasteiger partial charge in [-0.25, -0.2) is 8.42 Å². The predicted molar refractivity (Wildman–Crippen MR) is 112 cm³/mol. The largest absolute Gasteiger partial charge is 0.493 e. The first-order valence-electron chi connectivity index (χ1n) is 10.1. The Labute approximate surface area is 177 Å². The molecule has 2 saturated carbocycles. The van der Waals surface area contributed by atoms with E-state index in [1.165, 1.54) is 30.7 Å². The van der Waals surface area contributed by atoms with Crippen molar-refractivity contribution in [1.82, 2.24) is 9.62 Å². The first kappa shape index (κ1) is 20.7. The van der Waals surface area contributed by atoms with Crippen LogP contribution in [0, 0.1) is 0 Å². The summed E-state index contributed by atoms with van der Waals surface area (Å²) >= 11 is 0. The molecule has 2 aliphatic carbocycles. The molecule has 0 atom stereocenters. The highest BCUT2D eigenvalue weighted by Gasteiger charge is 2.38. The maximum atomic E-state index is 13.4. The molecule has 0 radical (unpaired) electrons. The lowest BCUT2D eigenvalue weighted by molar-refractivity contribution is 0.0951. The Morgan fingerprint density at radius 1 is 1.00 bits per heavy atom. The van der Waals surface area contributed by atoms with E-state index < -0.39 is 10.0 Å². The number of carbonyl (C=O) groups is 1. The van der Waals surface area contributed by atoms with Gasteiger partial charge in [-0.05, 0) is 55.5 Å². The Balaban J connectivity index is 1.54. The second kappa shape index (κ2) is 8.28. The number of benzene rings is 2. The number of ether oxygens (including phenoxy) is 2. The number of carbonyl (C=O) groups excluding carboxylic acids is 1. The predicted octanol–water partition coefficient (Wildman–Crippen LogP) is 2.95. The van der Waals surface area contributed by atoms with Crippen LogP contribution in [0.25, 0.3) is 0 Å². The number of nitrogens with zero attached hydrogens (tertiary/aromatic N) is 1. The Hall–Kier alpha value is -2.58. The lowest BCUT2D eigenvalue weighted by Gasteiger charge is -2.23. The van der Waals surface area contributed by atoms with Gasteiger partial charge in [0, 0.05) is 30.3 Å². The molecule has 0 aromatic heterocycles. The summed E-state index contributed by atoms with van der Waals surface area (Å²) in [6.07, 6.45) is 3.76. The molecule has 4 rings (SSSR count). The minimum Gasteiger partial charge on any atom is -0.493 e. The average Bonchev–Trinajstić information content (AvgIpc) is 3.67. The van der Waals surface area contributed by atoms with Gasteiger partial charge in [0.1, 0.15) is 0 Å². The third-order valence-corrected chi connectivity index (χ3v) is 7.28. The number of hydrogen-bond donors (Lipinski definition) is 1. The molecule has 1 amide bonds. The lowest BCUT2D eigenvalue weighted by atomic mass is 10.1. The molecule has 0 spiro atoms. The van der Waals surface area contributed by atoms with Crippen molar-refractivity contribution >= 4 is 15.9 Å². The molecule has 160 valence electrons. The maximum Gasteiger partial charge on any atom is 0.251 e. The molecule has 8 heteroatoms. The van der Waals surface area contributed by atoms with Crippen LogP contribution in [-0.4, -0.2) is 44.9 Å². The number of methoxy groups -OCH3 is 2. The standard InChI is InChI=1S/C22H26N2O5S/c1-28-20-12-11-19(13-21(20)29-2)30(26,27)24(18-9-10-18)14-15-3-5-16(6-4-15)22(25)23-17-7-8-17/h3-6,11-13,17-18H,7-10,14H2,1-2H3,(H,23,25). The van der Waals surface area contributed by atoms with E-state index in [1.807, 2.05) is 12.1 Å². The van der Waals surface area contributed by atoms with E-state index in [0.29, 0.717) is 23.1 Å². The van der Waals surface area contributed by atoms with Gasteiger partial charge in [-0.15, -0.1) is 0 Å². The molecule has 30 heavy (non-hydrogen) atoms. The second-order valence-electron chi connectivity index (χ2n) is 7.74. The molecule has 0 heterocycles. The summed E-state index contributed by atoms with van der Waals surface area (Å²) in [6.45, 7) is 0.256. The van der Waals surface area contributed by atoms with Gasteiger partial charge in [-0.2, -0.15) is 4.31 Å². The molecule has 2 aromatic carbocycles. The van der Waals surface area contributed by atoms with Crippen LogP contribution in [0.5, 0.6) is 11.5 Å². The molecule has 0 saturated heterocycles. The Morgan fingerprint density at radius 3 is 2.23 bits per heavy atom. The number of nitrogens with one attached hydrogen (secondary N) is 1. The molecule has 7 nitrogen and oxygen atoms in total. The van der Waals surface area contributed by atoms with Crippen LogP contribution in [0.2, 0.25) is 0 Å². The van der Waals surface area contributed by atoms with Crippen molar-refractivity contribution in [3.8, 4) is 11.5 Å². The van der Waals surface area contributed by atoms with Gasteiger partial charge in [-0.1, -0.05) is 12.1 Å². The summed E-state index contributed by atoms with van der Waals surface area (Å²) in [4.78, 5) is 12.3. The van der Waals surface area contributed by atoms with Crippen LogP contribution in [-0.2, 0) is 16.6 Å². The second-order valence-corrected chi connectivity index (χ2v) is 9.63. The molecule has 2 aliphatic rings. The van der Waals surface area contributed by atoms with Crippen LogP contribution in [0.4, 0.5) is 0 Å². The highest BCUT2D eigenvalue weighted by Crippen LogP contribution is 2.36. The van der Waals surface area contributed by atoms with Crippen LogP contribution in [0.3, 0.4) is 0 Å². The van der Waals surface area contributed by atoms with Crippen LogP contribution >= 0.6 is 0 Å². The highest BCUT2D eigenvalue weighted by atomic mass is 32.2. The van der Waals surface area contributed by atoms with E-state index in [4.69, 9.17) is 9.47 Å². The van der Waals surface area contributed by atoms with Gasteiger partial charge in [0.2, 0.25) is 10.0 Å². The summed E-state index contributed by atoms with van der Waals surface area (Å²) in [5, 5.41) is 2.96. The lowest BCUT2D eigenvalue weighted by Crippen LogP contribution is -2.32.